The van der Waals surface area contributed by atoms with E-state index in [9.17, 15) is 0 Å². The lowest BCUT2D eigenvalue weighted by molar-refractivity contribution is 0.274. The fourth-order valence-electron chi connectivity index (χ4n) is 0.940. The first-order chi connectivity index (χ1) is 6.67. The van der Waals surface area contributed by atoms with Crippen molar-refractivity contribution in [3.8, 4) is 11.8 Å². The Bertz CT molecular complexity index is 360. The van der Waals surface area contributed by atoms with E-state index in [0.717, 1.165) is 15.4 Å². The third-order valence-electron chi connectivity index (χ3n) is 1.64. The van der Waals surface area contributed by atoms with Crippen molar-refractivity contribution < 1.29 is 4.74 Å². The van der Waals surface area contributed by atoms with E-state index < -0.39 is 6.10 Å². The molecule has 0 bridgehead atoms. The highest BCUT2D eigenvalue weighted by Crippen LogP contribution is 2.27. The van der Waals surface area contributed by atoms with Crippen molar-refractivity contribution in [3.05, 3.63) is 28.2 Å². The van der Waals surface area contributed by atoms with Gasteiger partial charge in [-0.15, -0.1) is 0 Å². The Balaban J connectivity index is 2.85. The number of ether oxygens (including phenoxy) is 1. The molecule has 0 saturated carbocycles. The van der Waals surface area contributed by atoms with Crippen molar-refractivity contribution in [2.45, 2.75) is 18.4 Å². The van der Waals surface area contributed by atoms with Crippen LogP contribution in [0.25, 0.3) is 0 Å². The van der Waals surface area contributed by atoms with E-state index in [0.29, 0.717) is 5.75 Å². The van der Waals surface area contributed by atoms with Crippen LogP contribution in [-0.2, 0) is 5.33 Å². The number of nitrogens with zero attached hydrogens (tertiary/aromatic N) is 1. The molecule has 4 heteroatoms. The van der Waals surface area contributed by atoms with E-state index in [1.54, 1.807) is 6.92 Å². The molecule has 0 saturated heterocycles. The molecule has 0 aliphatic heterocycles. The van der Waals surface area contributed by atoms with Gasteiger partial charge in [-0.2, -0.15) is 5.26 Å². The highest BCUT2D eigenvalue weighted by atomic mass is 79.9. The lowest BCUT2D eigenvalue weighted by Crippen LogP contribution is -2.08. The zero-order valence-corrected chi connectivity index (χ0v) is 10.8. The Hall–Kier alpha value is -0.530. The molecule has 74 valence electrons. The highest BCUT2D eigenvalue weighted by molar-refractivity contribution is 9.10. The third kappa shape index (κ3) is 3.00. The van der Waals surface area contributed by atoms with Crippen LogP contribution in [-0.4, -0.2) is 6.10 Å². The summed E-state index contributed by atoms with van der Waals surface area (Å²) in [6, 6.07) is 7.80. The summed E-state index contributed by atoms with van der Waals surface area (Å²) in [6.45, 7) is 1.71. The molecule has 1 atom stereocenters. The molecule has 0 spiro atoms. The summed E-state index contributed by atoms with van der Waals surface area (Å²) in [4.78, 5) is 0. The van der Waals surface area contributed by atoms with E-state index in [1.165, 1.54) is 0 Å². The van der Waals surface area contributed by atoms with Gasteiger partial charge >= 0.3 is 0 Å². The molecule has 0 N–H and O–H groups in total. The van der Waals surface area contributed by atoms with Crippen LogP contribution in [0.5, 0.6) is 5.75 Å². The second-order valence-corrected chi connectivity index (χ2v) is 4.20. The summed E-state index contributed by atoms with van der Waals surface area (Å²) in [5.41, 5.74) is 1.16. The standard InChI is InChI=1S/C10H9Br2NO/c1-7(6-13)14-10-3-2-8(5-11)4-9(10)12/h2-4,7H,5H2,1H3. The predicted octanol–water partition coefficient (Wildman–Crippen LogP) is 3.63. The Kier molecular flexibility index (Phi) is 4.43. The van der Waals surface area contributed by atoms with Crippen LogP contribution >= 0.6 is 31.9 Å². The van der Waals surface area contributed by atoms with Crippen molar-refractivity contribution in [1.29, 1.82) is 5.26 Å². The van der Waals surface area contributed by atoms with Gasteiger partial charge in [0.2, 0.25) is 0 Å². The molecular formula is C10H9Br2NO. The quantitative estimate of drug-likeness (QED) is 0.797. The SMILES string of the molecule is CC(C#N)Oc1ccc(CBr)cc1Br. The van der Waals surface area contributed by atoms with Crippen molar-refractivity contribution in [3.63, 3.8) is 0 Å². The van der Waals surface area contributed by atoms with E-state index >= 15 is 0 Å². The minimum Gasteiger partial charge on any atom is -0.475 e. The zero-order valence-electron chi connectivity index (χ0n) is 7.63. The largest absolute Gasteiger partial charge is 0.475 e. The van der Waals surface area contributed by atoms with Gasteiger partial charge in [0.25, 0.3) is 0 Å². The number of nitriles is 1. The molecule has 0 amide bonds. The number of hydrogen-bond acceptors (Lipinski definition) is 2. The summed E-state index contributed by atoms with van der Waals surface area (Å²) in [5.74, 6) is 0.698. The molecule has 0 aromatic heterocycles. The van der Waals surface area contributed by atoms with Crippen LogP contribution < -0.4 is 4.74 Å². The fraction of sp³-hybridized carbons (Fsp3) is 0.300. The monoisotopic (exact) mass is 317 g/mol. The molecule has 0 aliphatic carbocycles. The molecule has 0 heterocycles. The van der Waals surface area contributed by atoms with Crippen molar-refractivity contribution in [1.82, 2.24) is 0 Å². The second-order valence-electron chi connectivity index (χ2n) is 2.79. The topological polar surface area (TPSA) is 33.0 Å². The Morgan fingerprint density at radius 2 is 2.29 bits per heavy atom. The maximum atomic E-state index is 8.59. The molecule has 14 heavy (non-hydrogen) atoms. The van der Waals surface area contributed by atoms with Gasteiger partial charge in [0.05, 0.1) is 4.47 Å². The minimum atomic E-state index is -0.430. The van der Waals surface area contributed by atoms with Gasteiger partial charge in [0.15, 0.2) is 6.10 Å². The summed E-state index contributed by atoms with van der Waals surface area (Å²) < 4.78 is 6.24. The number of rotatable bonds is 3. The molecule has 1 rings (SSSR count). The molecule has 0 radical (unpaired) electrons. The van der Waals surface area contributed by atoms with Crippen molar-refractivity contribution >= 4 is 31.9 Å². The maximum absolute atomic E-state index is 8.59. The molecular weight excluding hydrogens is 310 g/mol. The molecule has 0 aliphatic rings. The van der Waals surface area contributed by atoms with Gasteiger partial charge in [-0.3, -0.25) is 0 Å². The van der Waals surface area contributed by atoms with E-state index in [1.807, 2.05) is 24.3 Å². The zero-order chi connectivity index (χ0) is 10.6. The smallest absolute Gasteiger partial charge is 0.181 e. The molecule has 0 fully saturated rings. The van der Waals surface area contributed by atoms with Crippen LogP contribution in [0.2, 0.25) is 0 Å². The van der Waals surface area contributed by atoms with Crippen LogP contribution in [0.3, 0.4) is 0 Å². The lowest BCUT2D eigenvalue weighted by Gasteiger charge is -2.10. The molecule has 1 aromatic carbocycles. The summed E-state index contributed by atoms with van der Waals surface area (Å²) in [5, 5.41) is 9.40. The van der Waals surface area contributed by atoms with Gasteiger partial charge < -0.3 is 4.74 Å². The van der Waals surface area contributed by atoms with Gasteiger partial charge in [-0.1, -0.05) is 22.0 Å². The van der Waals surface area contributed by atoms with E-state index in [2.05, 4.69) is 31.9 Å². The number of hydrogen-bond donors (Lipinski definition) is 0. The summed E-state index contributed by atoms with van der Waals surface area (Å²) in [7, 11) is 0. The maximum Gasteiger partial charge on any atom is 0.181 e. The van der Waals surface area contributed by atoms with E-state index in [4.69, 9.17) is 10.00 Å². The van der Waals surface area contributed by atoms with Crippen LogP contribution in [0.1, 0.15) is 12.5 Å². The van der Waals surface area contributed by atoms with Gasteiger partial charge in [-0.05, 0) is 40.5 Å². The highest BCUT2D eigenvalue weighted by Gasteiger charge is 2.06. The Morgan fingerprint density at radius 1 is 1.57 bits per heavy atom. The van der Waals surface area contributed by atoms with Crippen molar-refractivity contribution in [2.75, 3.05) is 0 Å². The predicted molar refractivity (Wildman–Crippen MR) is 62.5 cm³/mol. The Labute approximate surface area is 100 Å². The number of alkyl halides is 1. The summed E-state index contributed by atoms with van der Waals surface area (Å²) in [6.07, 6.45) is -0.430. The van der Waals surface area contributed by atoms with Crippen LogP contribution in [0.15, 0.2) is 22.7 Å². The molecule has 1 unspecified atom stereocenters. The van der Waals surface area contributed by atoms with Crippen LogP contribution in [0.4, 0.5) is 0 Å². The van der Waals surface area contributed by atoms with E-state index in [-0.39, 0.29) is 0 Å². The first-order valence-electron chi connectivity index (χ1n) is 4.08. The van der Waals surface area contributed by atoms with Gasteiger partial charge in [-0.25, -0.2) is 0 Å². The second kappa shape index (κ2) is 5.38. The Morgan fingerprint density at radius 3 is 2.79 bits per heavy atom. The fourth-order valence-corrected chi connectivity index (χ4v) is 1.81. The number of benzene rings is 1. The minimum absolute atomic E-state index is 0.430. The average molecular weight is 319 g/mol. The third-order valence-corrected chi connectivity index (χ3v) is 2.90. The van der Waals surface area contributed by atoms with Crippen molar-refractivity contribution in [2.24, 2.45) is 0 Å². The average Bonchev–Trinajstić information content (AvgIpc) is 2.20. The normalized spacial score (nSPS) is 11.9. The van der Waals surface area contributed by atoms with Gasteiger partial charge in [0, 0.05) is 5.33 Å². The number of halogens is 2. The van der Waals surface area contributed by atoms with Crippen LogP contribution in [0, 0.1) is 11.3 Å². The summed E-state index contributed by atoms with van der Waals surface area (Å²) >= 11 is 6.76. The first kappa shape index (κ1) is 11.5. The lowest BCUT2D eigenvalue weighted by atomic mass is 10.2. The molecule has 1 aromatic rings. The first-order valence-corrected chi connectivity index (χ1v) is 5.99. The van der Waals surface area contributed by atoms with Gasteiger partial charge in [0.1, 0.15) is 11.8 Å². The molecule has 2 nitrogen and oxygen atoms in total.